The summed E-state index contributed by atoms with van der Waals surface area (Å²) in [7, 11) is 0. The van der Waals surface area contributed by atoms with Crippen molar-refractivity contribution in [1.29, 1.82) is 0 Å². The van der Waals surface area contributed by atoms with Crippen LogP contribution in [0.5, 0.6) is 0 Å². The molecule has 0 saturated carbocycles. The number of amides is 1. The minimum Gasteiger partial charge on any atom is -0.369 e. The van der Waals surface area contributed by atoms with Gasteiger partial charge in [0.25, 0.3) is 0 Å². The highest BCUT2D eigenvalue weighted by Gasteiger charge is 2.25. The number of rotatable bonds is 6. The molecule has 1 saturated heterocycles. The Morgan fingerprint density at radius 1 is 1.28 bits per heavy atom. The van der Waals surface area contributed by atoms with Crippen molar-refractivity contribution in [3.63, 3.8) is 0 Å². The lowest BCUT2D eigenvalue weighted by molar-refractivity contribution is -0.122. The Morgan fingerprint density at radius 2 is 2.08 bits per heavy atom. The normalized spacial score (nSPS) is 17.5. The molecule has 1 aliphatic rings. The molecule has 1 aromatic carbocycles. The maximum absolute atomic E-state index is 13.0. The number of hydrogen-bond donors (Lipinski definition) is 2. The number of carbonyl (C=O) groups excluding carboxylic acids is 1. The molecule has 2 heterocycles. The topological polar surface area (TPSA) is 71.2 Å². The average molecular weight is 342 g/mol. The monoisotopic (exact) mass is 342 g/mol. The van der Waals surface area contributed by atoms with Crippen molar-refractivity contribution in [3.8, 4) is 0 Å². The second kappa shape index (κ2) is 8.07. The zero-order valence-corrected chi connectivity index (χ0v) is 14.1. The van der Waals surface area contributed by atoms with Gasteiger partial charge in [-0.25, -0.2) is 9.37 Å². The van der Waals surface area contributed by atoms with Crippen LogP contribution in [0.25, 0.3) is 0 Å². The number of nitrogens with two attached hydrogens (primary N) is 1. The molecule has 25 heavy (non-hydrogen) atoms. The molecule has 1 amide bonds. The predicted molar refractivity (Wildman–Crippen MR) is 95.3 cm³/mol. The van der Waals surface area contributed by atoms with E-state index in [4.69, 9.17) is 5.73 Å². The lowest BCUT2D eigenvalue weighted by Gasteiger charge is -2.33. The third-order valence-electron chi connectivity index (χ3n) is 4.55. The lowest BCUT2D eigenvalue weighted by Crippen LogP contribution is -2.42. The zero-order valence-electron chi connectivity index (χ0n) is 14.1. The van der Waals surface area contributed by atoms with Crippen LogP contribution in [0.15, 0.2) is 42.6 Å². The summed E-state index contributed by atoms with van der Waals surface area (Å²) >= 11 is 0. The van der Waals surface area contributed by atoms with Crippen molar-refractivity contribution >= 4 is 11.7 Å². The van der Waals surface area contributed by atoms with Gasteiger partial charge in [0.2, 0.25) is 5.91 Å². The van der Waals surface area contributed by atoms with E-state index < -0.39 is 0 Å². The van der Waals surface area contributed by atoms with E-state index in [0.717, 1.165) is 36.3 Å². The number of nitrogens with zero attached hydrogens (tertiary/aromatic N) is 2. The van der Waals surface area contributed by atoms with Gasteiger partial charge in [-0.1, -0.05) is 18.2 Å². The summed E-state index contributed by atoms with van der Waals surface area (Å²) in [4.78, 5) is 18.2. The number of pyridine rings is 1. The van der Waals surface area contributed by atoms with Crippen LogP contribution in [0, 0.1) is 11.7 Å². The van der Waals surface area contributed by atoms with Crippen LogP contribution in [0.3, 0.4) is 0 Å². The van der Waals surface area contributed by atoms with Crippen LogP contribution in [-0.4, -0.2) is 24.0 Å². The predicted octanol–water partition coefficient (Wildman–Crippen LogP) is 2.21. The molecular formula is C19H23FN4O. The largest absolute Gasteiger partial charge is 0.369 e. The Labute approximate surface area is 147 Å². The quantitative estimate of drug-likeness (QED) is 0.844. The maximum atomic E-state index is 13.0. The number of nitrogens with one attached hydrogen (secondary N) is 1. The molecule has 6 heteroatoms. The summed E-state index contributed by atoms with van der Waals surface area (Å²) in [5, 5.41) is 3.37. The third kappa shape index (κ3) is 4.54. The highest BCUT2D eigenvalue weighted by Crippen LogP contribution is 2.24. The molecule has 3 rings (SSSR count). The third-order valence-corrected chi connectivity index (χ3v) is 4.55. The Morgan fingerprint density at radius 3 is 2.84 bits per heavy atom. The van der Waals surface area contributed by atoms with Crippen molar-refractivity contribution in [3.05, 3.63) is 59.5 Å². The van der Waals surface area contributed by atoms with Gasteiger partial charge in [-0.2, -0.15) is 0 Å². The van der Waals surface area contributed by atoms with E-state index in [1.807, 2.05) is 12.1 Å². The summed E-state index contributed by atoms with van der Waals surface area (Å²) in [6, 6.07) is 10.4. The first-order chi connectivity index (χ1) is 12.1. The molecule has 1 atom stereocenters. The number of anilines is 1. The maximum Gasteiger partial charge on any atom is 0.222 e. The summed E-state index contributed by atoms with van der Waals surface area (Å²) in [6.07, 6.45) is 3.55. The van der Waals surface area contributed by atoms with Gasteiger partial charge in [0.1, 0.15) is 11.6 Å². The molecule has 3 N–H and O–H groups in total. The van der Waals surface area contributed by atoms with Crippen molar-refractivity contribution in [2.75, 3.05) is 18.0 Å². The van der Waals surface area contributed by atoms with E-state index in [1.54, 1.807) is 18.3 Å². The van der Waals surface area contributed by atoms with Gasteiger partial charge in [-0.15, -0.1) is 0 Å². The number of benzene rings is 1. The molecule has 1 fully saturated rings. The number of piperidine rings is 1. The van der Waals surface area contributed by atoms with Gasteiger partial charge >= 0.3 is 0 Å². The molecule has 0 spiro atoms. The number of aromatic nitrogens is 1. The lowest BCUT2D eigenvalue weighted by atomic mass is 9.97. The standard InChI is InChI=1S/C19H23FN4O/c20-17-7-5-14(6-8-17)11-22-12-15-3-1-9-23-19(15)24-10-2-4-16(13-24)18(21)25/h1,3,5-9,16,22H,2,4,10-13H2,(H2,21,25)/t16-/m1/s1. The van der Waals surface area contributed by atoms with Crippen LogP contribution in [-0.2, 0) is 17.9 Å². The fraction of sp³-hybridized carbons (Fsp3) is 0.368. The van der Waals surface area contributed by atoms with Crippen molar-refractivity contribution in [1.82, 2.24) is 10.3 Å². The summed E-state index contributed by atoms with van der Waals surface area (Å²) in [5.41, 5.74) is 7.58. The molecular weight excluding hydrogens is 319 g/mol. The fourth-order valence-corrected chi connectivity index (χ4v) is 3.20. The van der Waals surface area contributed by atoms with Crippen LogP contribution in [0.1, 0.15) is 24.0 Å². The Balaban J connectivity index is 1.64. The smallest absolute Gasteiger partial charge is 0.222 e. The van der Waals surface area contributed by atoms with E-state index in [9.17, 15) is 9.18 Å². The number of carbonyl (C=O) groups is 1. The van der Waals surface area contributed by atoms with Gasteiger partial charge in [-0.05, 0) is 36.6 Å². The van der Waals surface area contributed by atoms with E-state index in [1.165, 1.54) is 12.1 Å². The highest BCUT2D eigenvalue weighted by atomic mass is 19.1. The van der Waals surface area contributed by atoms with Gasteiger partial charge in [0, 0.05) is 37.9 Å². The Kier molecular flexibility index (Phi) is 5.60. The molecule has 0 bridgehead atoms. The molecule has 132 valence electrons. The zero-order chi connectivity index (χ0) is 17.6. The molecule has 0 aliphatic carbocycles. The molecule has 5 nitrogen and oxygen atoms in total. The molecule has 0 radical (unpaired) electrons. The van der Waals surface area contributed by atoms with Crippen LogP contribution >= 0.6 is 0 Å². The number of primary amides is 1. The SMILES string of the molecule is NC(=O)[C@@H]1CCCN(c2ncccc2CNCc2ccc(F)cc2)C1. The van der Waals surface area contributed by atoms with Crippen molar-refractivity contribution in [2.45, 2.75) is 25.9 Å². The summed E-state index contributed by atoms with van der Waals surface area (Å²) < 4.78 is 13.0. The summed E-state index contributed by atoms with van der Waals surface area (Å²) in [5.74, 6) is 0.319. The molecule has 1 aromatic heterocycles. The van der Waals surface area contributed by atoms with Crippen molar-refractivity contribution < 1.29 is 9.18 Å². The second-order valence-electron chi connectivity index (χ2n) is 6.40. The van der Waals surface area contributed by atoms with E-state index >= 15 is 0 Å². The first-order valence-corrected chi connectivity index (χ1v) is 8.57. The minimum absolute atomic E-state index is 0.115. The average Bonchev–Trinajstić information content (AvgIpc) is 2.64. The van der Waals surface area contributed by atoms with E-state index in [-0.39, 0.29) is 17.6 Å². The van der Waals surface area contributed by atoms with Crippen LogP contribution in [0.2, 0.25) is 0 Å². The van der Waals surface area contributed by atoms with E-state index in [0.29, 0.717) is 19.6 Å². The Bertz CT molecular complexity index is 720. The fourth-order valence-electron chi connectivity index (χ4n) is 3.20. The first-order valence-electron chi connectivity index (χ1n) is 8.57. The number of halogens is 1. The van der Waals surface area contributed by atoms with Gasteiger partial charge in [-0.3, -0.25) is 4.79 Å². The molecule has 2 aromatic rings. The van der Waals surface area contributed by atoms with Crippen molar-refractivity contribution in [2.24, 2.45) is 11.7 Å². The molecule has 0 unspecified atom stereocenters. The highest BCUT2D eigenvalue weighted by molar-refractivity contribution is 5.77. The first kappa shape index (κ1) is 17.4. The Hall–Kier alpha value is -2.47. The van der Waals surface area contributed by atoms with E-state index in [2.05, 4.69) is 15.2 Å². The van der Waals surface area contributed by atoms with Crippen LogP contribution in [0.4, 0.5) is 10.2 Å². The van der Waals surface area contributed by atoms with Gasteiger partial charge < -0.3 is 16.0 Å². The number of hydrogen-bond acceptors (Lipinski definition) is 4. The van der Waals surface area contributed by atoms with Gasteiger partial charge in [0.05, 0.1) is 5.92 Å². The summed E-state index contributed by atoms with van der Waals surface area (Å²) in [6.45, 7) is 2.81. The van der Waals surface area contributed by atoms with Gasteiger partial charge in [0.15, 0.2) is 0 Å². The second-order valence-corrected chi connectivity index (χ2v) is 6.40. The minimum atomic E-state index is -0.239. The van der Waals surface area contributed by atoms with Crippen LogP contribution < -0.4 is 16.0 Å². The molecule has 1 aliphatic heterocycles.